The molecule has 1 unspecified atom stereocenters. The fourth-order valence-corrected chi connectivity index (χ4v) is 3.34. The van der Waals surface area contributed by atoms with Crippen LogP contribution < -0.4 is 0 Å². The number of allylic oxidation sites excluding steroid dienone is 2. The van der Waals surface area contributed by atoms with E-state index < -0.39 is 0 Å². The van der Waals surface area contributed by atoms with Crippen LogP contribution in [0, 0.1) is 4.77 Å². The molecule has 0 fully saturated rings. The third kappa shape index (κ3) is 2.06. The maximum absolute atomic E-state index is 5.53. The summed E-state index contributed by atoms with van der Waals surface area (Å²) in [7, 11) is 2.01. The van der Waals surface area contributed by atoms with E-state index in [0.717, 1.165) is 53.7 Å². The van der Waals surface area contributed by atoms with Crippen LogP contribution in [-0.2, 0) is 13.5 Å². The predicted molar refractivity (Wildman–Crippen MR) is 79.9 cm³/mol. The van der Waals surface area contributed by atoms with Crippen LogP contribution in [0.25, 0.3) is 11.2 Å². The Bertz CT molecular complexity index is 673. The van der Waals surface area contributed by atoms with Gasteiger partial charge in [0, 0.05) is 13.1 Å². The van der Waals surface area contributed by atoms with Crippen molar-refractivity contribution in [2.75, 3.05) is 0 Å². The number of hydrogen-bond donors (Lipinski definition) is 1. The largest absolute Gasteiger partial charge is 0.328 e. The Kier molecular flexibility index (Phi) is 3.31. The van der Waals surface area contributed by atoms with Crippen LogP contribution in [0.2, 0.25) is 0 Å². The SMILES string of the molecule is CCCc1nn(C)c2c1[nH]c(=S)n2C1CC=CCC1. The van der Waals surface area contributed by atoms with E-state index in [-0.39, 0.29) is 0 Å². The molecule has 3 rings (SSSR count). The summed E-state index contributed by atoms with van der Waals surface area (Å²) in [5.41, 5.74) is 3.41. The molecule has 0 aliphatic heterocycles. The number of aryl methyl sites for hydroxylation is 2. The molecule has 2 aromatic heterocycles. The molecule has 2 aromatic rings. The molecule has 2 heterocycles. The number of rotatable bonds is 3. The van der Waals surface area contributed by atoms with Gasteiger partial charge in [-0.25, -0.2) is 0 Å². The minimum Gasteiger partial charge on any atom is -0.328 e. The molecule has 4 nitrogen and oxygen atoms in total. The summed E-state index contributed by atoms with van der Waals surface area (Å²) in [6.07, 6.45) is 9.98. The van der Waals surface area contributed by atoms with Gasteiger partial charge in [0.1, 0.15) is 5.52 Å². The molecule has 1 aliphatic carbocycles. The molecule has 0 saturated carbocycles. The third-order valence-corrected chi connectivity index (χ3v) is 4.16. The predicted octanol–water partition coefficient (Wildman–Crippen LogP) is 3.67. The number of nitrogens with zero attached hydrogens (tertiary/aromatic N) is 3. The number of aromatic amines is 1. The van der Waals surface area contributed by atoms with E-state index in [0.29, 0.717) is 6.04 Å². The van der Waals surface area contributed by atoms with Crippen LogP contribution in [-0.4, -0.2) is 19.3 Å². The van der Waals surface area contributed by atoms with Crippen molar-refractivity contribution >= 4 is 23.4 Å². The van der Waals surface area contributed by atoms with Crippen molar-refractivity contribution in [2.24, 2.45) is 7.05 Å². The summed E-state index contributed by atoms with van der Waals surface area (Å²) < 4.78 is 5.08. The second-order valence-corrected chi connectivity index (χ2v) is 5.64. The lowest BCUT2D eigenvalue weighted by molar-refractivity contribution is 0.459. The highest BCUT2D eigenvalue weighted by molar-refractivity contribution is 7.71. The molecule has 102 valence electrons. The normalized spacial score (nSPS) is 19.4. The van der Waals surface area contributed by atoms with Gasteiger partial charge in [0.25, 0.3) is 0 Å². The van der Waals surface area contributed by atoms with Gasteiger partial charge >= 0.3 is 0 Å². The van der Waals surface area contributed by atoms with Gasteiger partial charge in [-0.3, -0.25) is 9.25 Å². The first-order valence-electron chi connectivity index (χ1n) is 7.03. The van der Waals surface area contributed by atoms with E-state index in [1.165, 1.54) is 0 Å². The number of fused-ring (bicyclic) bond motifs is 1. The first kappa shape index (κ1) is 12.7. The molecule has 0 bridgehead atoms. The van der Waals surface area contributed by atoms with Crippen molar-refractivity contribution < 1.29 is 0 Å². The molecule has 19 heavy (non-hydrogen) atoms. The first-order chi connectivity index (χ1) is 9.22. The van der Waals surface area contributed by atoms with E-state index in [2.05, 4.69) is 33.7 Å². The monoisotopic (exact) mass is 276 g/mol. The molecule has 5 heteroatoms. The van der Waals surface area contributed by atoms with Gasteiger partial charge in [-0.15, -0.1) is 0 Å². The summed E-state index contributed by atoms with van der Waals surface area (Å²) in [6, 6.07) is 0.469. The van der Waals surface area contributed by atoms with Gasteiger partial charge in [-0.05, 0) is 37.9 Å². The summed E-state index contributed by atoms with van der Waals surface area (Å²) in [5.74, 6) is 0. The third-order valence-electron chi connectivity index (χ3n) is 3.86. The highest BCUT2D eigenvalue weighted by Crippen LogP contribution is 2.29. The molecular formula is C14H20N4S. The number of imidazole rings is 1. The summed E-state index contributed by atoms with van der Waals surface area (Å²) >= 11 is 5.53. The van der Waals surface area contributed by atoms with Crippen LogP contribution in [0.3, 0.4) is 0 Å². The number of H-pyrrole nitrogens is 1. The number of aromatic nitrogens is 4. The minimum absolute atomic E-state index is 0.469. The van der Waals surface area contributed by atoms with E-state index >= 15 is 0 Å². The van der Waals surface area contributed by atoms with Crippen LogP contribution in [0.5, 0.6) is 0 Å². The topological polar surface area (TPSA) is 38.5 Å². The zero-order chi connectivity index (χ0) is 13.4. The molecule has 1 atom stereocenters. The molecular weight excluding hydrogens is 256 g/mol. The molecule has 0 amide bonds. The molecule has 0 aromatic carbocycles. The minimum atomic E-state index is 0.469. The number of nitrogens with one attached hydrogen (secondary N) is 1. The van der Waals surface area contributed by atoms with Gasteiger partial charge in [0.05, 0.1) is 5.69 Å². The Morgan fingerprint density at radius 1 is 1.47 bits per heavy atom. The molecule has 0 spiro atoms. The molecule has 1 aliphatic rings. The van der Waals surface area contributed by atoms with E-state index in [1.54, 1.807) is 0 Å². The second-order valence-electron chi connectivity index (χ2n) is 5.26. The van der Waals surface area contributed by atoms with E-state index in [9.17, 15) is 0 Å². The molecule has 0 saturated heterocycles. The molecule has 1 N–H and O–H groups in total. The first-order valence-corrected chi connectivity index (χ1v) is 7.44. The quantitative estimate of drug-likeness (QED) is 0.686. The lowest BCUT2D eigenvalue weighted by Gasteiger charge is -2.20. The standard InChI is InChI=1S/C14H20N4S/c1-3-7-11-12-13(17(2)16-11)18(14(19)15-12)10-8-5-4-6-9-10/h4-5,10H,3,6-9H2,1-2H3,(H,15,19). The van der Waals surface area contributed by atoms with Gasteiger partial charge in [-0.2, -0.15) is 5.10 Å². The van der Waals surface area contributed by atoms with E-state index in [4.69, 9.17) is 12.2 Å². The van der Waals surface area contributed by atoms with Crippen LogP contribution in [0.4, 0.5) is 0 Å². The highest BCUT2D eigenvalue weighted by atomic mass is 32.1. The van der Waals surface area contributed by atoms with Crippen molar-refractivity contribution in [3.05, 3.63) is 22.6 Å². The summed E-state index contributed by atoms with van der Waals surface area (Å²) in [6.45, 7) is 2.18. The lowest BCUT2D eigenvalue weighted by Crippen LogP contribution is -2.12. The lowest BCUT2D eigenvalue weighted by atomic mass is 10.0. The van der Waals surface area contributed by atoms with Gasteiger partial charge < -0.3 is 4.98 Å². The van der Waals surface area contributed by atoms with Crippen molar-refractivity contribution in [3.63, 3.8) is 0 Å². The second kappa shape index (κ2) is 4.96. The van der Waals surface area contributed by atoms with Crippen LogP contribution in [0.15, 0.2) is 12.2 Å². The molecule has 0 radical (unpaired) electrons. The average Bonchev–Trinajstić information content (AvgIpc) is 2.89. The van der Waals surface area contributed by atoms with Crippen molar-refractivity contribution in [3.8, 4) is 0 Å². The Morgan fingerprint density at radius 3 is 3.00 bits per heavy atom. The maximum Gasteiger partial charge on any atom is 0.179 e. The van der Waals surface area contributed by atoms with Crippen molar-refractivity contribution in [1.82, 2.24) is 19.3 Å². The Hall–Kier alpha value is -1.36. The van der Waals surface area contributed by atoms with Gasteiger partial charge in [0.15, 0.2) is 10.4 Å². The summed E-state index contributed by atoms with van der Waals surface area (Å²) in [5, 5.41) is 4.64. The highest BCUT2D eigenvalue weighted by Gasteiger charge is 2.20. The van der Waals surface area contributed by atoms with Gasteiger partial charge in [0.2, 0.25) is 0 Å². The van der Waals surface area contributed by atoms with Gasteiger partial charge in [-0.1, -0.05) is 25.5 Å². The summed E-state index contributed by atoms with van der Waals surface area (Å²) in [4.78, 5) is 3.37. The Balaban J connectivity index is 2.16. The zero-order valence-electron chi connectivity index (χ0n) is 11.5. The Labute approximate surface area is 118 Å². The average molecular weight is 276 g/mol. The van der Waals surface area contributed by atoms with Crippen LogP contribution in [0.1, 0.15) is 44.3 Å². The Morgan fingerprint density at radius 2 is 2.32 bits per heavy atom. The fraction of sp³-hybridized carbons (Fsp3) is 0.571. The fourth-order valence-electron chi connectivity index (χ4n) is 3.00. The zero-order valence-corrected chi connectivity index (χ0v) is 12.3. The van der Waals surface area contributed by atoms with Crippen LogP contribution >= 0.6 is 12.2 Å². The van der Waals surface area contributed by atoms with Crippen molar-refractivity contribution in [2.45, 2.75) is 45.1 Å². The number of hydrogen-bond acceptors (Lipinski definition) is 2. The van der Waals surface area contributed by atoms with Crippen molar-refractivity contribution in [1.29, 1.82) is 0 Å². The van der Waals surface area contributed by atoms with E-state index in [1.807, 2.05) is 11.7 Å². The maximum atomic E-state index is 5.53. The smallest absolute Gasteiger partial charge is 0.179 e.